The first-order chi connectivity index (χ1) is 19.2. The summed E-state index contributed by atoms with van der Waals surface area (Å²) < 4.78 is 21.1. The summed E-state index contributed by atoms with van der Waals surface area (Å²) in [5.74, 6) is -2.66. The molecule has 0 heterocycles. The summed E-state index contributed by atoms with van der Waals surface area (Å²) >= 11 is 0. The Labute approximate surface area is 229 Å². The van der Waals surface area contributed by atoms with Crippen LogP contribution in [0.15, 0.2) is 111 Å². The van der Waals surface area contributed by atoms with Crippen molar-refractivity contribution in [1.82, 2.24) is 0 Å². The first-order valence-corrected chi connectivity index (χ1v) is 11.8. The van der Waals surface area contributed by atoms with Gasteiger partial charge in [0.2, 0.25) is 0 Å². The summed E-state index contributed by atoms with van der Waals surface area (Å²) in [5.41, 5.74) is 1.46. The van der Waals surface area contributed by atoms with Crippen molar-refractivity contribution in [2.24, 2.45) is 0 Å². The maximum Gasteiger partial charge on any atom is 0.335 e. The zero-order chi connectivity index (χ0) is 28.8. The SMILES string of the molecule is C=CC(=O)Oc1ccc(-c2ccc3cc4cc(OC(=O)C=C)c(OC(=O)C=C)cc4cc3c2)cc1OC(=O)C=C. The van der Waals surface area contributed by atoms with Crippen LogP contribution >= 0.6 is 0 Å². The zero-order valence-corrected chi connectivity index (χ0v) is 21.2. The van der Waals surface area contributed by atoms with Crippen molar-refractivity contribution < 1.29 is 38.1 Å². The van der Waals surface area contributed by atoms with Crippen LogP contribution in [-0.4, -0.2) is 23.9 Å². The van der Waals surface area contributed by atoms with Gasteiger partial charge < -0.3 is 18.9 Å². The summed E-state index contributed by atoms with van der Waals surface area (Å²) in [4.78, 5) is 47.3. The third-order valence-corrected chi connectivity index (χ3v) is 5.64. The fraction of sp³-hybridized carbons (Fsp3) is 0. The molecule has 0 unspecified atom stereocenters. The van der Waals surface area contributed by atoms with Crippen LogP contribution in [0.5, 0.6) is 23.0 Å². The van der Waals surface area contributed by atoms with E-state index in [4.69, 9.17) is 18.9 Å². The summed E-state index contributed by atoms with van der Waals surface area (Å²) in [7, 11) is 0. The van der Waals surface area contributed by atoms with Gasteiger partial charge in [-0.1, -0.05) is 44.5 Å². The van der Waals surface area contributed by atoms with E-state index in [0.29, 0.717) is 10.9 Å². The minimum atomic E-state index is -0.718. The van der Waals surface area contributed by atoms with Gasteiger partial charge in [-0.05, 0) is 75.1 Å². The van der Waals surface area contributed by atoms with Crippen LogP contribution in [0.1, 0.15) is 0 Å². The van der Waals surface area contributed by atoms with Gasteiger partial charge >= 0.3 is 23.9 Å². The lowest BCUT2D eigenvalue weighted by molar-refractivity contribution is -0.131. The molecule has 0 aliphatic rings. The molecular formula is C32H22O8. The number of hydrogen-bond donors (Lipinski definition) is 0. The quantitative estimate of drug-likeness (QED) is 0.111. The molecule has 0 amide bonds. The Balaban J connectivity index is 1.80. The van der Waals surface area contributed by atoms with Crippen LogP contribution in [0, 0.1) is 0 Å². The average molecular weight is 535 g/mol. The van der Waals surface area contributed by atoms with Gasteiger partial charge in [-0.15, -0.1) is 0 Å². The Bertz CT molecular complexity index is 1750. The van der Waals surface area contributed by atoms with Gasteiger partial charge in [-0.25, -0.2) is 19.2 Å². The van der Waals surface area contributed by atoms with Gasteiger partial charge in [-0.2, -0.15) is 0 Å². The van der Waals surface area contributed by atoms with Crippen LogP contribution in [0.4, 0.5) is 0 Å². The smallest absolute Gasteiger partial charge is 0.335 e. The van der Waals surface area contributed by atoms with Crippen molar-refractivity contribution in [3.63, 3.8) is 0 Å². The fourth-order valence-electron chi connectivity index (χ4n) is 3.80. The maximum absolute atomic E-state index is 11.9. The molecule has 0 bridgehead atoms. The molecule has 0 saturated carbocycles. The van der Waals surface area contributed by atoms with Crippen molar-refractivity contribution in [1.29, 1.82) is 0 Å². The van der Waals surface area contributed by atoms with Crippen molar-refractivity contribution in [3.05, 3.63) is 111 Å². The topological polar surface area (TPSA) is 105 Å². The lowest BCUT2D eigenvalue weighted by Crippen LogP contribution is -2.08. The Morgan fingerprint density at radius 3 is 1.30 bits per heavy atom. The molecule has 0 N–H and O–H groups in total. The molecule has 0 atom stereocenters. The number of ether oxygens (including phenoxy) is 4. The second-order valence-corrected chi connectivity index (χ2v) is 8.22. The monoisotopic (exact) mass is 534 g/mol. The number of fused-ring (bicyclic) bond motifs is 2. The minimum Gasteiger partial charge on any atom is -0.419 e. The van der Waals surface area contributed by atoms with E-state index < -0.39 is 23.9 Å². The predicted molar refractivity (Wildman–Crippen MR) is 150 cm³/mol. The Hall–Kier alpha value is -5.76. The van der Waals surface area contributed by atoms with Crippen LogP contribution in [0.3, 0.4) is 0 Å². The average Bonchev–Trinajstić information content (AvgIpc) is 2.96. The van der Waals surface area contributed by atoms with E-state index in [1.165, 1.54) is 6.07 Å². The molecule has 0 aliphatic carbocycles. The summed E-state index contributed by atoms with van der Waals surface area (Å²) in [6, 6.07) is 17.4. The molecule has 198 valence electrons. The van der Waals surface area contributed by atoms with Gasteiger partial charge in [0.25, 0.3) is 0 Å². The largest absolute Gasteiger partial charge is 0.419 e. The number of hydrogen-bond acceptors (Lipinski definition) is 8. The molecule has 0 aromatic heterocycles. The molecule has 4 rings (SSSR count). The molecule has 8 heteroatoms. The molecule has 0 saturated heterocycles. The third kappa shape index (κ3) is 6.03. The van der Waals surface area contributed by atoms with Gasteiger partial charge in [-0.3, -0.25) is 0 Å². The fourth-order valence-corrected chi connectivity index (χ4v) is 3.80. The molecule has 40 heavy (non-hydrogen) atoms. The molecule has 8 nitrogen and oxygen atoms in total. The summed E-state index contributed by atoms with van der Waals surface area (Å²) in [5, 5.41) is 3.16. The number of carbonyl (C=O) groups is 4. The van der Waals surface area contributed by atoms with Crippen molar-refractivity contribution in [3.8, 4) is 34.1 Å². The third-order valence-electron chi connectivity index (χ3n) is 5.64. The number of benzene rings is 4. The van der Waals surface area contributed by atoms with Gasteiger partial charge in [0.15, 0.2) is 23.0 Å². The maximum atomic E-state index is 11.9. The van der Waals surface area contributed by atoms with Crippen molar-refractivity contribution in [2.45, 2.75) is 0 Å². The van der Waals surface area contributed by atoms with Crippen molar-refractivity contribution in [2.75, 3.05) is 0 Å². The molecule has 0 radical (unpaired) electrons. The number of rotatable bonds is 9. The molecule has 0 aliphatic heterocycles. The van der Waals surface area contributed by atoms with Gasteiger partial charge in [0.05, 0.1) is 0 Å². The highest BCUT2D eigenvalue weighted by Crippen LogP contribution is 2.37. The molecule has 0 fully saturated rings. The van der Waals surface area contributed by atoms with Crippen LogP contribution in [0.25, 0.3) is 32.7 Å². The van der Waals surface area contributed by atoms with E-state index in [0.717, 1.165) is 46.0 Å². The number of carbonyl (C=O) groups excluding carboxylic acids is 4. The predicted octanol–water partition coefficient (Wildman–Crippen LogP) is 6.03. The van der Waals surface area contributed by atoms with E-state index in [1.807, 2.05) is 30.3 Å². The molecule has 4 aromatic rings. The van der Waals surface area contributed by atoms with Crippen molar-refractivity contribution >= 4 is 45.4 Å². The molecule has 4 aromatic carbocycles. The second-order valence-electron chi connectivity index (χ2n) is 8.22. The highest BCUT2D eigenvalue weighted by atomic mass is 16.6. The highest BCUT2D eigenvalue weighted by molar-refractivity contribution is 6.02. The standard InChI is InChI=1S/C32H22O8/c1-5-29(33)37-25-12-11-21(16-26(25)38-30(34)6-2)19-9-10-20-14-23-17-27(39-31(35)7-3)28(40-32(36)8-4)18-24(23)15-22(20)13-19/h5-18H,1-4H2. The van der Waals surface area contributed by atoms with Crippen LogP contribution in [0.2, 0.25) is 0 Å². The Kier molecular flexibility index (Phi) is 8.01. The van der Waals surface area contributed by atoms with Gasteiger partial charge in [0.1, 0.15) is 0 Å². The Morgan fingerprint density at radius 2 is 0.800 bits per heavy atom. The van der Waals surface area contributed by atoms with E-state index >= 15 is 0 Å². The van der Waals surface area contributed by atoms with E-state index in [-0.39, 0.29) is 23.0 Å². The first kappa shape index (κ1) is 27.3. The van der Waals surface area contributed by atoms with Gasteiger partial charge in [0, 0.05) is 24.3 Å². The lowest BCUT2D eigenvalue weighted by Gasteiger charge is -2.13. The molecular weight excluding hydrogens is 512 g/mol. The van der Waals surface area contributed by atoms with Crippen LogP contribution in [-0.2, 0) is 19.2 Å². The van der Waals surface area contributed by atoms with E-state index in [9.17, 15) is 19.2 Å². The highest BCUT2D eigenvalue weighted by Gasteiger charge is 2.16. The molecule has 0 spiro atoms. The van der Waals surface area contributed by atoms with E-state index in [1.54, 1.807) is 24.3 Å². The second kappa shape index (κ2) is 11.7. The number of esters is 4. The Morgan fingerprint density at radius 1 is 0.425 bits per heavy atom. The zero-order valence-electron chi connectivity index (χ0n) is 21.2. The first-order valence-electron chi connectivity index (χ1n) is 11.8. The summed E-state index contributed by atoms with van der Waals surface area (Å²) in [6.07, 6.45) is 4.00. The van der Waals surface area contributed by atoms with Crippen LogP contribution < -0.4 is 18.9 Å². The summed E-state index contributed by atoms with van der Waals surface area (Å²) in [6.45, 7) is 13.6. The normalized spacial score (nSPS) is 10.3. The minimum absolute atomic E-state index is 0.0338. The van der Waals surface area contributed by atoms with E-state index in [2.05, 4.69) is 26.3 Å². The lowest BCUT2D eigenvalue weighted by atomic mass is 9.98.